The number of fused-ring (bicyclic) bond motifs is 2. The molecule has 162 valence electrons. The fourth-order valence-corrected chi connectivity index (χ4v) is 5.56. The van der Waals surface area contributed by atoms with Crippen molar-refractivity contribution in [2.75, 3.05) is 13.1 Å². The van der Waals surface area contributed by atoms with Crippen molar-refractivity contribution in [2.45, 2.75) is 83.8 Å². The SMILES string of the molecule is CC(C)N1CCc2nc3cc([C@@H]4CCCCN4C(=O)C4CCCC4)[nH]n3c(=O)c2C1. The molecular formula is C23H33N5O2. The van der Waals surface area contributed by atoms with Gasteiger partial charge in [0.25, 0.3) is 5.56 Å². The Morgan fingerprint density at radius 2 is 1.90 bits per heavy atom. The number of carbonyl (C=O) groups excluding carboxylic acids is 1. The second-order valence-corrected chi connectivity index (χ2v) is 9.59. The quantitative estimate of drug-likeness (QED) is 0.843. The van der Waals surface area contributed by atoms with Crippen molar-refractivity contribution in [1.29, 1.82) is 0 Å². The first-order valence-corrected chi connectivity index (χ1v) is 11.7. The number of H-pyrrole nitrogens is 1. The minimum atomic E-state index is 0.0103. The number of amides is 1. The van der Waals surface area contributed by atoms with Crippen LogP contribution < -0.4 is 5.56 Å². The highest BCUT2D eigenvalue weighted by Crippen LogP contribution is 2.35. The molecule has 4 heterocycles. The average molecular weight is 412 g/mol. The summed E-state index contributed by atoms with van der Waals surface area (Å²) < 4.78 is 1.60. The van der Waals surface area contributed by atoms with Crippen LogP contribution in [0.1, 0.15) is 81.8 Å². The molecule has 5 rings (SSSR count). The van der Waals surface area contributed by atoms with Crippen LogP contribution in [-0.4, -0.2) is 49.4 Å². The molecule has 0 aromatic carbocycles. The van der Waals surface area contributed by atoms with Gasteiger partial charge in [0.05, 0.1) is 23.0 Å². The number of carbonyl (C=O) groups is 1. The maximum absolute atomic E-state index is 13.2. The molecule has 2 aliphatic heterocycles. The zero-order valence-corrected chi connectivity index (χ0v) is 18.2. The molecule has 3 aliphatic rings. The predicted molar refractivity (Wildman–Crippen MR) is 115 cm³/mol. The largest absolute Gasteiger partial charge is 0.334 e. The monoisotopic (exact) mass is 411 g/mol. The van der Waals surface area contributed by atoms with E-state index in [1.165, 1.54) is 12.8 Å². The number of rotatable bonds is 3. The lowest BCUT2D eigenvalue weighted by molar-refractivity contribution is -0.139. The Hall–Kier alpha value is -2.15. The normalized spacial score (nSPS) is 23.4. The number of piperidine rings is 1. The van der Waals surface area contributed by atoms with Gasteiger partial charge in [0, 0.05) is 44.1 Å². The zero-order chi connectivity index (χ0) is 20.8. The van der Waals surface area contributed by atoms with Crippen molar-refractivity contribution in [2.24, 2.45) is 5.92 Å². The van der Waals surface area contributed by atoms with E-state index in [9.17, 15) is 9.59 Å². The fraction of sp³-hybridized carbons (Fsp3) is 0.696. The van der Waals surface area contributed by atoms with Gasteiger partial charge in [-0.3, -0.25) is 19.6 Å². The highest BCUT2D eigenvalue weighted by atomic mass is 16.2. The van der Waals surface area contributed by atoms with Crippen molar-refractivity contribution in [1.82, 2.24) is 24.4 Å². The van der Waals surface area contributed by atoms with Gasteiger partial charge in [0.2, 0.25) is 5.91 Å². The smallest absolute Gasteiger partial charge is 0.277 e. The highest BCUT2D eigenvalue weighted by molar-refractivity contribution is 5.79. The van der Waals surface area contributed by atoms with Crippen molar-refractivity contribution < 1.29 is 4.79 Å². The Labute approximate surface area is 177 Å². The molecule has 7 heteroatoms. The summed E-state index contributed by atoms with van der Waals surface area (Å²) in [7, 11) is 0. The molecule has 0 spiro atoms. The van der Waals surface area contributed by atoms with Crippen molar-refractivity contribution in [3.8, 4) is 0 Å². The van der Waals surface area contributed by atoms with E-state index >= 15 is 0 Å². The second-order valence-electron chi connectivity index (χ2n) is 9.59. The standard InChI is InChI=1S/C23H33N5O2/c1-15(2)26-12-10-18-17(14-26)23(30)28-21(24-18)13-19(25-28)20-9-5-6-11-27(20)22(29)16-7-3-4-8-16/h13,15-16,20,25H,3-12,14H2,1-2H3/t20-/m0/s1. The Morgan fingerprint density at radius 3 is 2.67 bits per heavy atom. The van der Waals surface area contributed by atoms with Crippen molar-refractivity contribution >= 4 is 11.6 Å². The van der Waals surface area contributed by atoms with Crippen LogP contribution in [0.15, 0.2) is 10.9 Å². The van der Waals surface area contributed by atoms with Crippen LogP contribution in [0.3, 0.4) is 0 Å². The number of aromatic nitrogens is 3. The number of likely N-dealkylation sites (tertiary alicyclic amines) is 1. The van der Waals surface area contributed by atoms with Crippen LogP contribution in [0.4, 0.5) is 0 Å². The molecule has 0 bridgehead atoms. The first-order chi connectivity index (χ1) is 14.5. The molecule has 1 saturated heterocycles. The van der Waals surface area contributed by atoms with Crippen LogP contribution in [-0.2, 0) is 17.8 Å². The van der Waals surface area contributed by atoms with Crippen LogP contribution in [0.25, 0.3) is 5.65 Å². The lowest BCUT2D eigenvalue weighted by Crippen LogP contribution is -2.41. The van der Waals surface area contributed by atoms with Gasteiger partial charge in [0.15, 0.2) is 5.65 Å². The van der Waals surface area contributed by atoms with E-state index in [4.69, 9.17) is 4.98 Å². The minimum Gasteiger partial charge on any atom is -0.334 e. The summed E-state index contributed by atoms with van der Waals surface area (Å²) in [5.41, 5.74) is 3.39. The Bertz CT molecular complexity index is 1000. The topological polar surface area (TPSA) is 73.7 Å². The summed E-state index contributed by atoms with van der Waals surface area (Å²) in [4.78, 5) is 35.7. The summed E-state index contributed by atoms with van der Waals surface area (Å²) in [5, 5.41) is 3.33. The van der Waals surface area contributed by atoms with E-state index in [1.54, 1.807) is 4.52 Å². The third kappa shape index (κ3) is 3.37. The van der Waals surface area contributed by atoms with Crippen LogP contribution in [0.2, 0.25) is 0 Å². The molecule has 7 nitrogen and oxygen atoms in total. The molecular weight excluding hydrogens is 378 g/mol. The third-order valence-corrected chi connectivity index (χ3v) is 7.39. The van der Waals surface area contributed by atoms with E-state index in [1.807, 2.05) is 6.07 Å². The second kappa shape index (κ2) is 7.84. The molecule has 1 N–H and O–H groups in total. The molecule has 2 fully saturated rings. The molecule has 0 unspecified atom stereocenters. The Balaban J connectivity index is 1.49. The van der Waals surface area contributed by atoms with Gasteiger partial charge in [-0.25, -0.2) is 9.50 Å². The van der Waals surface area contributed by atoms with E-state index in [0.717, 1.165) is 68.6 Å². The number of aromatic amines is 1. The first kappa shape index (κ1) is 19.8. The molecule has 1 amide bonds. The number of nitrogens with one attached hydrogen (secondary N) is 1. The Kier molecular flexibility index (Phi) is 5.17. The lowest BCUT2D eigenvalue weighted by Gasteiger charge is -2.36. The molecule has 30 heavy (non-hydrogen) atoms. The maximum atomic E-state index is 13.2. The number of hydrogen-bond acceptors (Lipinski definition) is 4. The first-order valence-electron chi connectivity index (χ1n) is 11.7. The molecule has 1 atom stereocenters. The summed E-state index contributed by atoms with van der Waals surface area (Å²) in [6.45, 7) is 6.75. The Morgan fingerprint density at radius 1 is 1.13 bits per heavy atom. The number of hydrogen-bond donors (Lipinski definition) is 1. The molecule has 2 aromatic rings. The molecule has 0 radical (unpaired) electrons. The van der Waals surface area contributed by atoms with Gasteiger partial charge in [-0.05, 0) is 46.0 Å². The van der Waals surface area contributed by atoms with Gasteiger partial charge in [-0.15, -0.1) is 0 Å². The fourth-order valence-electron chi connectivity index (χ4n) is 5.56. The minimum absolute atomic E-state index is 0.0103. The maximum Gasteiger partial charge on any atom is 0.277 e. The molecule has 1 saturated carbocycles. The van der Waals surface area contributed by atoms with E-state index in [2.05, 4.69) is 28.7 Å². The number of nitrogens with zero attached hydrogens (tertiary/aromatic N) is 4. The average Bonchev–Trinajstić information content (AvgIpc) is 3.43. The summed E-state index contributed by atoms with van der Waals surface area (Å²) in [5.74, 6) is 0.494. The third-order valence-electron chi connectivity index (χ3n) is 7.39. The van der Waals surface area contributed by atoms with Crippen LogP contribution in [0.5, 0.6) is 0 Å². The highest BCUT2D eigenvalue weighted by Gasteiger charge is 2.35. The predicted octanol–water partition coefficient (Wildman–Crippen LogP) is 3.03. The van der Waals surface area contributed by atoms with Gasteiger partial charge in [0.1, 0.15) is 0 Å². The van der Waals surface area contributed by atoms with E-state index in [-0.39, 0.29) is 17.5 Å². The van der Waals surface area contributed by atoms with E-state index < -0.39 is 0 Å². The van der Waals surface area contributed by atoms with E-state index in [0.29, 0.717) is 24.1 Å². The zero-order valence-electron chi connectivity index (χ0n) is 18.2. The van der Waals surface area contributed by atoms with Crippen molar-refractivity contribution in [3.05, 3.63) is 33.4 Å². The lowest BCUT2D eigenvalue weighted by atomic mass is 9.96. The van der Waals surface area contributed by atoms with Crippen molar-refractivity contribution in [3.63, 3.8) is 0 Å². The summed E-state index contributed by atoms with van der Waals surface area (Å²) >= 11 is 0. The molecule has 1 aliphatic carbocycles. The summed E-state index contributed by atoms with van der Waals surface area (Å²) in [6.07, 6.45) is 8.31. The van der Waals surface area contributed by atoms with Crippen LogP contribution >= 0.6 is 0 Å². The van der Waals surface area contributed by atoms with Gasteiger partial charge < -0.3 is 4.90 Å². The van der Waals surface area contributed by atoms with Gasteiger partial charge in [-0.1, -0.05) is 12.8 Å². The van der Waals surface area contributed by atoms with Gasteiger partial charge >= 0.3 is 0 Å². The van der Waals surface area contributed by atoms with Crippen LogP contribution in [0, 0.1) is 5.92 Å². The van der Waals surface area contributed by atoms with Gasteiger partial charge in [-0.2, -0.15) is 0 Å². The molecule has 2 aromatic heterocycles. The summed E-state index contributed by atoms with van der Waals surface area (Å²) in [6, 6.07) is 2.44.